The lowest BCUT2D eigenvalue weighted by Crippen LogP contribution is -2.44. The number of rotatable bonds is 5. The van der Waals surface area contributed by atoms with Crippen molar-refractivity contribution < 1.29 is 4.79 Å². The number of aromatic amines is 1. The molecular weight excluding hydrogens is 388 g/mol. The molecular formula is C21H23ClN6O. The monoisotopic (exact) mass is 410 g/mol. The smallest absolute Gasteiger partial charge is 0.255 e. The minimum absolute atomic E-state index is 0.179. The quantitative estimate of drug-likeness (QED) is 0.676. The summed E-state index contributed by atoms with van der Waals surface area (Å²) in [4.78, 5) is 21.8. The molecule has 0 radical (unpaired) electrons. The van der Waals surface area contributed by atoms with Gasteiger partial charge in [-0.1, -0.05) is 23.7 Å². The summed E-state index contributed by atoms with van der Waals surface area (Å²) in [6.07, 6.45) is 3.34. The zero-order valence-corrected chi connectivity index (χ0v) is 17.0. The van der Waals surface area contributed by atoms with Gasteiger partial charge in [-0.15, -0.1) is 0 Å². The summed E-state index contributed by atoms with van der Waals surface area (Å²) in [5.41, 5.74) is 3.05. The Balaban J connectivity index is 1.42. The Hall–Kier alpha value is -2.90. The van der Waals surface area contributed by atoms with E-state index in [1.54, 1.807) is 24.5 Å². The number of aromatic nitrogens is 3. The molecule has 7 nitrogen and oxygen atoms in total. The molecule has 1 aliphatic rings. The maximum atomic E-state index is 12.7. The van der Waals surface area contributed by atoms with Crippen molar-refractivity contribution in [1.82, 2.24) is 25.4 Å². The first-order valence-corrected chi connectivity index (χ1v) is 9.94. The van der Waals surface area contributed by atoms with Gasteiger partial charge in [0.2, 0.25) is 0 Å². The van der Waals surface area contributed by atoms with Crippen molar-refractivity contribution in [3.63, 3.8) is 0 Å². The van der Waals surface area contributed by atoms with Crippen LogP contribution in [0, 0.1) is 0 Å². The Kier molecular flexibility index (Phi) is 5.78. The summed E-state index contributed by atoms with van der Waals surface area (Å²) in [7, 11) is 2.13. The summed E-state index contributed by atoms with van der Waals surface area (Å²) in [6, 6.07) is 11.3. The van der Waals surface area contributed by atoms with E-state index in [4.69, 9.17) is 11.6 Å². The number of H-pyrrole nitrogens is 1. The van der Waals surface area contributed by atoms with Crippen LogP contribution in [0.15, 0.2) is 48.8 Å². The molecule has 0 saturated carbocycles. The fourth-order valence-electron chi connectivity index (χ4n) is 3.35. The fourth-order valence-corrected chi connectivity index (χ4v) is 3.48. The number of likely N-dealkylation sites (N-methyl/N-ethyl adjacent to an activating group) is 1. The summed E-state index contributed by atoms with van der Waals surface area (Å²) < 4.78 is 0. The number of anilines is 1. The molecule has 3 heterocycles. The molecule has 1 aliphatic heterocycles. The lowest BCUT2D eigenvalue weighted by molar-refractivity contribution is 0.0951. The van der Waals surface area contributed by atoms with Crippen LogP contribution in [0.2, 0.25) is 5.02 Å². The third-order valence-corrected chi connectivity index (χ3v) is 5.36. The predicted molar refractivity (Wildman–Crippen MR) is 114 cm³/mol. The average Bonchev–Trinajstić information content (AvgIpc) is 3.23. The van der Waals surface area contributed by atoms with Crippen LogP contribution in [-0.2, 0) is 6.54 Å². The second-order valence-electron chi connectivity index (χ2n) is 7.16. The number of benzene rings is 1. The van der Waals surface area contributed by atoms with Crippen molar-refractivity contribution >= 4 is 23.3 Å². The van der Waals surface area contributed by atoms with Crippen LogP contribution in [0.5, 0.6) is 0 Å². The second kappa shape index (κ2) is 8.63. The molecule has 1 amide bonds. The largest absolute Gasteiger partial charge is 0.354 e. The van der Waals surface area contributed by atoms with Crippen LogP contribution in [0.3, 0.4) is 0 Å². The number of piperazine rings is 1. The topological polar surface area (TPSA) is 77.1 Å². The zero-order valence-electron chi connectivity index (χ0n) is 16.2. The maximum Gasteiger partial charge on any atom is 0.255 e. The molecule has 0 aliphatic carbocycles. The number of nitrogens with one attached hydrogen (secondary N) is 2. The van der Waals surface area contributed by atoms with Crippen molar-refractivity contribution in [3.8, 4) is 11.3 Å². The number of pyridine rings is 1. The van der Waals surface area contributed by atoms with Crippen LogP contribution in [0.25, 0.3) is 11.3 Å². The molecule has 150 valence electrons. The Morgan fingerprint density at radius 2 is 1.93 bits per heavy atom. The fraction of sp³-hybridized carbons (Fsp3) is 0.286. The van der Waals surface area contributed by atoms with Gasteiger partial charge in [0.05, 0.1) is 17.5 Å². The van der Waals surface area contributed by atoms with E-state index in [-0.39, 0.29) is 5.91 Å². The van der Waals surface area contributed by atoms with Crippen molar-refractivity contribution in [2.45, 2.75) is 6.54 Å². The van der Waals surface area contributed by atoms with Gasteiger partial charge in [0.1, 0.15) is 5.82 Å². The SMILES string of the molecule is CN1CCN(c2cc(CNC(=O)c3cn[nH]c3-c3ccc(Cl)cc3)ccn2)CC1. The number of hydrogen-bond donors (Lipinski definition) is 2. The summed E-state index contributed by atoms with van der Waals surface area (Å²) >= 11 is 5.95. The third kappa shape index (κ3) is 4.58. The Bertz CT molecular complexity index is 979. The van der Waals surface area contributed by atoms with Gasteiger partial charge in [-0.2, -0.15) is 5.10 Å². The van der Waals surface area contributed by atoms with Crippen molar-refractivity contribution in [2.24, 2.45) is 0 Å². The molecule has 0 unspecified atom stereocenters. The molecule has 3 aromatic rings. The van der Waals surface area contributed by atoms with E-state index in [0.29, 0.717) is 22.8 Å². The van der Waals surface area contributed by atoms with Crippen LogP contribution in [0.4, 0.5) is 5.82 Å². The van der Waals surface area contributed by atoms with Crippen LogP contribution in [0.1, 0.15) is 15.9 Å². The van der Waals surface area contributed by atoms with Gasteiger partial charge in [-0.05, 0) is 36.9 Å². The maximum absolute atomic E-state index is 12.7. The lowest BCUT2D eigenvalue weighted by Gasteiger charge is -2.33. The third-order valence-electron chi connectivity index (χ3n) is 5.11. The summed E-state index contributed by atoms with van der Waals surface area (Å²) in [6.45, 7) is 4.39. The first-order chi connectivity index (χ1) is 14.1. The van der Waals surface area contributed by atoms with Gasteiger partial charge in [-0.25, -0.2) is 4.98 Å². The van der Waals surface area contributed by atoms with Crippen LogP contribution < -0.4 is 10.2 Å². The van der Waals surface area contributed by atoms with E-state index >= 15 is 0 Å². The summed E-state index contributed by atoms with van der Waals surface area (Å²) in [5.74, 6) is 0.775. The van der Waals surface area contributed by atoms with Crippen LogP contribution >= 0.6 is 11.6 Å². The minimum atomic E-state index is -0.179. The first kappa shape index (κ1) is 19.4. The minimum Gasteiger partial charge on any atom is -0.354 e. The van der Waals surface area contributed by atoms with Crippen molar-refractivity contribution in [2.75, 3.05) is 38.1 Å². The number of carbonyl (C=O) groups excluding carboxylic acids is 1. The normalized spacial score (nSPS) is 14.8. The van der Waals surface area contributed by atoms with E-state index in [1.807, 2.05) is 24.3 Å². The van der Waals surface area contributed by atoms with Gasteiger partial charge in [-0.3, -0.25) is 9.89 Å². The summed E-state index contributed by atoms with van der Waals surface area (Å²) in [5, 5.41) is 10.6. The molecule has 2 N–H and O–H groups in total. The Morgan fingerprint density at radius 3 is 2.69 bits per heavy atom. The highest BCUT2D eigenvalue weighted by atomic mass is 35.5. The highest BCUT2D eigenvalue weighted by Crippen LogP contribution is 2.23. The first-order valence-electron chi connectivity index (χ1n) is 9.56. The van der Waals surface area contributed by atoms with Gasteiger partial charge in [0.25, 0.3) is 5.91 Å². The van der Waals surface area contributed by atoms with Crippen molar-refractivity contribution in [1.29, 1.82) is 0 Å². The van der Waals surface area contributed by atoms with E-state index in [0.717, 1.165) is 43.1 Å². The van der Waals surface area contributed by atoms with E-state index in [1.165, 1.54) is 0 Å². The van der Waals surface area contributed by atoms with Gasteiger partial charge in [0, 0.05) is 49.5 Å². The van der Waals surface area contributed by atoms with Crippen LogP contribution in [-0.4, -0.2) is 59.2 Å². The van der Waals surface area contributed by atoms with E-state index in [2.05, 4.69) is 37.3 Å². The van der Waals surface area contributed by atoms with Gasteiger partial charge >= 0.3 is 0 Å². The number of carbonyl (C=O) groups is 1. The molecule has 2 aromatic heterocycles. The highest BCUT2D eigenvalue weighted by molar-refractivity contribution is 6.30. The number of amides is 1. The Morgan fingerprint density at radius 1 is 1.17 bits per heavy atom. The van der Waals surface area contributed by atoms with Gasteiger partial charge in [0.15, 0.2) is 0 Å². The van der Waals surface area contributed by atoms with E-state index < -0.39 is 0 Å². The molecule has 4 rings (SSSR count). The molecule has 0 bridgehead atoms. The molecule has 1 fully saturated rings. The highest BCUT2D eigenvalue weighted by Gasteiger charge is 2.17. The molecule has 1 saturated heterocycles. The van der Waals surface area contributed by atoms with Gasteiger partial charge < -0.3 is 15.1 Å². The number of hydrogen-bond acceptors (Lipinski definition) is 5. The Labute approximate surface area is 174 Å². The standard InChI is InChI=1S/C21H23ClN6O/c1-27-8-10-28(11-9-27)19-12-15(6-7-23-19)13-24-21(29)18-14-25-26-20(18)16-2-4-17(22)5-3-16/h2-7,12,14H,8-11,13H2,1H3,(H,24,29)(H,25,26). The molecule has 1 aromatic carbocycles. The average molecular weight is 411 g/mol. The molecule has 0 spiro atoms. The molecule has 0 atom stereocenters. The number of halogens is 1. The predicted octanol–water partition coefficient (Wildman–Crippen LogP) is 2.81. The zero-order chi connectivity index (χ0) is 20.2. The van der Waals surface area contributed by atoms with Crippen molar-refractivity contribution in [3.05, 3.63) is 64.9 Å². The second-order valence-corrected chi connectivity index (χ2v) is 7.60. The molecule has 8 heteroatoms. The molecule has 29 heavy (non-hydrogen) atoms. The number of nitrogens with zero attached hydrogens (tertiary/aromatic N) is 4. The van der Waals surface area contributed by atoms with E-state index in [9.17, 15) is 4.79 Å². The lowest BCUT2D eigenvalue weighted by atomic mass is 10.1.